The summed E-state index contributed by atoms with van der Waals surface area (Å²) in [7, 11) is 1.71. The molecule has 1 aromatic heterocycles. The lowest BCUT2D eigenvalue weighted by atomic mass is 9.98. The molecule has 36 heavy (non-hydrogen) atoms. The summed E-state index contributed by atoms with van der Waals surface area (Å²) in [4.78, 5) is 2.39. The van der Waals surface area contributed by atoms with Crippen LogP contribution in [0.2, 0.25) is 5.02 Å². The molecule has 0 bridgehead atoms. The summed E-state index contributed by atoms with van der Waals surface area (Å²) in [5.41, 5.74) is 6.66. The third kappa shape index (κ3) is 4.10. The number of para-hydroxylation sites is 1. The smallest absolute Gasteiger partial charge is 0.158 e. The molecule has 1 unspecified atom stereocenters. The number of fused-ring (bicyclic) bond motifs is 1. The number of nitrogens with zero attached hydrogens (tertiary/aromatic N) is 4. The van der Waals surface area contributed by atoms with Crippen molar-refractivity contribution in [3.05, 3.63) is 70.0 Å². The van der Waals surface area contributed by atoms with Crippen LogP contribution >= 0.6 is 11.6 Å². The van der Waals surface area contributed by atoms with Gasteiger partial charge in [0.25, 0.3) is 0 Å². The number of hydrazone groups is 1. The topological polar surface area (TPSA) is 54.3 Å². The number of nitrogens with one attached hydrogen (secondary N) is 1. The molecule has 8 heteroatoms. The molecule has 3 aromatic rings. The zero-order valence-electron chi connectivity index (χ0n) is 21.6. The molecule has 2 aliphatic rings. The number of aromatic nitrogens is 1. The van der Waals surface area contributed by atoms with E-state index in [2.05, 4.69) is 46.6 Å². The fourth-order valence-electron chi connectivity index (χ4n) is 5.47. The number of benzene rings is 2. The average molecular weight is 508 g/mol. The van der Waals surface area contributed by atoms with E-state index in [0.29, 0.717) is 11.6 Å². The SMILES string of the molecule is CCOc1ccc(-n2c(C)c3c(c2C)C(C)N(c2ccccc2Cl)N=C3N2CCNCC2)c(OC)c1. The summed E-state index contributed by atoms with van der Waals surface area (Å²) in [6.07, 6.45) is 0. The van der Waals surface area contributed by atoms with Crippen LogP contribution in [0.15, 0.2) is 47.6 Å². The van der Waals surface area contributed by atoms with Crippen molar-refractivity contribution in [2.75, 3.05) is 44.9 Å². The molecule has 7 nitrogen and oxygen atoms in total. The van der Waals surface area contributed by atoms with E-state index in [-0.39, 0.29) is 6.04 Å². The lowest BCUT2D eigenvalue weighted by molar-refractivity contribution is 0.336. The van der Waals surface area contributed by atoms with E-state index in [9.17, 15) is 0 Å². The summed E-state index contributed by atoms with van der Waals surface area (Å²) in [6.45, 7) is 12.8. The maximum atomic E-state index is 6.67. The van der Waals surface area contributed by atoms with Crippen LogP contribution < -0.4 is 19.8 Å². The van der Waals surface area contributed by atoms with E-state index in [4.69, 9.17) is 26.2 Å². The molecule has 2 aromatic carbocycles. The minimum atomic E-state index is 0.000193. The van der Waals surface area contributed by atoms with Crippen LogP contribution in [0.25, 0.3) is 5.69 Å². The van der Waals surface area contributed by atoms with Gasteiger partial charge in [0.1, 0.15) is 11.5 Å². The highest BCUT2D eigenvalue weighted by molar-refractivity contribution is 6.33. The number of hydrogen-bond acceptors (Lipinski definition) is 6. The maximum absolute atomic E-state index is 6.67. The van der Waals surface area contributed by atoms with Gasteiger partial charge in [-0.2, -0.15) is 5.10 Å². The molecule has 190 valence electrons. The van der Waals surface area contributed by atoms with Gasteiger partial charge in [-0.05, 0) is 52.0 Å². The van der Waals surface area contributed by atoms with Gasteiger partial charge in [-0.1, -0.05) is 23.7 Å². The van der Waals surface area contributed by atoms with Gasteiger partial charge < -0.3 is 24.3 Å². The minimum absolute atomic E-state index is 0.000193. The number of piperazine rings is 1. The first kappa shape index (κ1) is 24.5. The average Bonchev–Trinajstić information content (AvgIpc) is 3.16. The van der Waals surface area contributed by atoms with Gasteiger partial charge >= 0.3 is 0 Å². The van der Waals surface area contributed by atoms with E-state index in [1.165, 1.54) is 11.1 Å². The predicted octanol–water partition coefficient (Wildman–Crippen LogP) is 5.30. The number of hydrogen-bond donors (Lipinski definition) is 1. The van der Waals surface area contributed by atoms with Crippen molar-refractivity contribution in [2.45, 2.75) is 33.7 Å². The number of methoxy groups -OCH3 is 1. The second-order valence-corrected chi connectivity index (χ2v) is 9.60. The number of anilines is 1. The number of rotatable bonds is 5. The lowest BCUT2D eigenvalue weighted by Crippen LogP contribution is -2.49. The zero-order chi connectivity index (χ0) is 25.4. The second kappa shape index (κ2) is 10.1. The van der Waals surface area contributed by atoms with Crippen molar-refractivity contribution >= 4 is 23.1 Å². The van der Waals surface area contributed by atoms with Crippen molar-refractivity contribution in [1.29, 1.82) is 0 Å². The standard InChI is InChI=1S/C28H34ClN5O2/c1-6-36-21-11-12-24(25(17-21)35-5)33-18(2)26-20(4)34(23-10-8-7-9-22(23)29)31-28(27(26)19(33)3)32-15-13-30-14-16-32/h7-12,17,20,30H,6,13-16H2,1-5H3. The molecule has 1 atom stereocenters. The van der Waals surface area contributed by atoms with Gasteiger partial charge in [0, 0.05) is 54.8 Å². The predicted molar refractivity (Wildman–Crippen MR) is 146 cm³/mol. The molecule has 0 saturated carbocycles. The molecule has 1 saturated heterocycles. The van der Waals surface area contributed by atoms with Crippen LogP contribution in [0.1, 0.15) is 42.4 Å². The maximum Gasteiger partial charge on any atom is 0.158 e. The van der Waals surface area contributed by atoms with Crippen LogP contribution in [0.4, 0.5) is 5.69 Å². The highest BCUT2D eigenvalue weighted by Gasteiger charge is 2.36. The number of amidine groups is 1. The fourth-order valence-corrected chi connectivity index (χ4v) is 5.69. The summed E-state index contributed by atoms with van der Waals surface area (Å²) < 4.78 is 13.9. The third-order valence-electron chi connectivity index (χ3n) is 7.12. The largest absolute Gasteiger partial charge is 0.494 e. The molecule has 0 amide bonds. The van der Waals surface area contributed by atoms with E-state index in [1.807, 2.05) is 43.3 Å². The fraction of sp³-hybridized carbons (Fsp3) is 0.393. The first-order valence-electron chi connectivity index (χ1n) is 12.6. The first-order chi connectivity index (χ1) is 17.5. The normalized spacial score (nSPS) is 17.6. The Hall–Kier alpha value is -3.16. The second-order valence-electron chi connectivity index (χ2n) is 9.19. The van der Waals surface area contributed by atoms with Crippen molar-refractivity contribution < 1.29 is 9.47 Å². The highest BCUT2D eigenvalue weighted by atomic mass is 35.5. The van der Waals surface area contributed by atoms with E-state index >= 15 is 0 Å². The van der Waals surface area contributed by atoms with Crippen LogP contribution in [0, 0.1) is 13.8 Å². The van der Waals surface area contributed by atoms with Gasteiger partial charge in [0.2, 0.25) is 0 Å². The van der Waals surface area contributed by atoms with Gasteiger partial charge in [-0.15, -0.1) is 0 Å². The van der Waals surface area contributed by atoms with E-state index in [0.717, 1.165) is 66.3 Å². The first-order valence-corrected chi connectivity index (χ1v) is 13.0. The molecule has 0 radical (unpaired) electrons. The van der Waals surface area contributed by atoms with Gasteiger partial charge in [0.15, 0.2) is 5.84 Å². The van der Waals surface area contributed by atoms with E-state index < -0.39 is 0 Å². The van der Waals surface area contributed by atoms with Crippen molar-refractivity contribution in [1.82, 2.24) is 14.8 Å². The Kier molecular flexibility index (Phi) is 6.86. The molecule has 3 heterocycles. The Morgan fingerprint density at radius 1 is 1.06 bits per heavy atom. The Morgan fingerprint density at radius 3 is 2.50 bits per heavy atom. The van der Waals surface area contributed by atoms with Crippen molar-refractivity contribution in [2.24, 2.45) is 5.10 Å². The summed E-state index contributed by atoms with van der Waals surface area (Å²) in [6, 6.07) is 14.0. The van der Waals surface area contributed by atoms with Crippen LogP contribution in [-0.2, 0) is 0 Å². The molecular weight excluding hydrogens is 474 g/mol. The number of ether oxygens (including phenoxy) is 2. The van der Waals surface area contributed by atoms with Crippen LogP contribution in [0.3, 0.4) is 0 Å². The zero-order valence-corrected chi connectivity index (χ0v) is 22.4. The molecule has 1 N–H and O–H groups in total. The van der Waals surface area contributed by atoms with Gasteiger partial charge in [-0.25, -0.2) is 0 Å². The minimum Gasteiger partial charge on any atom is -0.494 e. The molecule has 0 aliphatic carbocycles. The summed E-state index contributed by atoms with van der Waals surface area (Å²) in [5, 5.41) is 11.5. The summed E-state index contributed by atoms with van der Waals surface area (Å²) >= 11 is 6.67. The Balaban J connectivity index is 1.71. The molecule has 0 spiro atoms. The quantitative estimate of drug-likeness (QED) is 0.507. The van der Waals surface area contributed by atoms with Crippen LogP contribution in [0.5, 0.6) is 11.5 Å². The van der Waals surface area contributed by atoms with Crippen molar-refractivity contribution in [3.8, 4) is 17.2 Å². The van der Waals surface area contributed by atoms with E-state index in [1.54, 1.807) is 7.11 Å². The van der Waals surface area contributed by atoms with Gasteiger partial charge in [-0.3, -0.25) is 5.01 Å². The third-order valence-corrected chi connectivity index (χ3v) is 7.44. The molecule has 1 fully saturated rings. The Labute approximate surface area is 218 Å². The Bertz CT molecular complexity index is 1300. The molecular formula is C28H34ClN5O2. The highest BCUT2D eigenvalue weighted by Crippen LogP contribution is 2.43. The summed E-state index contributed by atoms with van der Waals surface area (Å²) in [5.74, 6) is 2.57. The number of halogens is 1. The van der Waals surface area contributed by atoms with Crippen molar-refractivity contribution in [3.63, 3.8) is 0 Å². The monoisotopic (exact) mass is 507 g/mol. The molecule has 2 aliphatic heterocycles. The Morgan fingerprint density at radius 2 is 1.81 bits per heavy atom. The lowest BCUT2D eigenvalue weighted by Gasteiger charge is -2.38. The molecule has 5 rings (SSSR count). The van der Waals surface area contributed by atoms with Gasteiger partial charge in [0.05, 0.1) is 36.2 Å². The van der Waals surface area contributed by atoms with Crippen LogP contribution in [-0.4, -0.2) is 55.2 Å².